The highest BCUT2D eigenvalue weighted by Crippen LogP contribution is 2.28. The molecule has 0 heterocycles. The zero-order valence-corrected chi connectivity index (χ0v) is 12.4. The summed E-state index contributed by atoms with van der Waals surface area (Å²) in [5, 5.41) is 2.48. The Balaban J connectivity index is 2.18. The molecule has 23 heavy (non-hydrogen) atoms. The van der Waals surface area contributed by atoms with Crippen molar-refractivity contribution in [3.63, 3.8) is 0 Å². The topological polar surface area (TPSA) is 47.6 Å². The van der Waals surface area contributed by atoms with Gasteiger partial charge in [0.15, 0.2) is 23.1 Å². The second-order valence-electron chi connectivity index (χ2n) is 4.55. The van der Waals surface area contributed by atoms with Gasteiger partial charge in [-0.2, -0.15) is 0 Å². The van der Waals surface area contributed by atoms with Gasteiger partial charge in [-0.1, -0.05) is 12.7 Å². The van der Waals surface area contributed by atoms with Crippen LogP contribution in [0.5, 0.6) is 11.5 Å². The molecule has 2 aromatic rings. The first-order valence-corrected chi connectivity index (χ1v) is 6.73. The highest BCUT2D eigenvalue weighted by Gasteiger charge is 2.12. The van der Waals surface area contributed by atoms with E-state index >= 15 is 0 Å². The molecule has 1 N–H and O–H groups in total. The third-order valence-corrected chi connectivity index (χ3v) is 2.96. The molecule has 120 valence electrons. The van der Waals surface area contributed by atoms with Crippen LogP contribution in [-0.2, 0) is 0 Å². The monoisotopic (exact) mass is 319 g/mol. The average molecular weight is 319 g/mol. The van der Waals surface area contributed by atoms with Crippen LogP contribution in [-0.4, -0.2) is 19.6 Å². The fourth-order valence-corrected chi connectivity index (χ4v) is 1.85. The van der Waals surface area contributed by atoms with Crippen LogP contribution in [0.25, 0.3) is 0 Å². The van der Waals surface area contributed by atoms with Gasteiger partial charge < -0.3 is 14.8 Å². The van der Waals surface area contributed by atoms with Crippen LogP contribution in [0.4, 0.5) is 14.5 Å². The van der Waals surface area contributed by atoms with Crippen LogP contribution in [0, 0.1) is 11.6 Å². The van der Waals surface area contributed by atoms with Crippen molar-refractivity contribution in [3.05, 3.63) is 66.3 Å². The quantitative estimate of drug-likeness (QED) is 0.824. The smallest absolute Gasteiger partial charge is 0.255 e. The minimum absolute atomic E-state index is 0.153. The first-order chi connectivity index (χ1) is 11.0. The number of benzene rings is 2. The second-order valence-corrected chi connectivity index (χ2v) is 4.55. The Morgan fingerprint density at radius 1 is 1.17 bits per heavy atom. The summed E-state index contributed by atoms with van der Waals surface area (Å²) >= 11 is 0. The number of hydrogen-bond donors (Lipinski definition) is 1. The Labute approximate surface area is 132 Å². The molecule has 0 fully saturated rings. The number of carbonyl (C=O) groups is 1. The summed E-state index contributed by atoms with van der Waals surface area (Å²) in [6.07, 6.45) is 1.59. The van der Waals surface area contributed by atoms with Crippen LogP contribution in [0.15, 0.2) is 49.1 Å². The third-order valence-electron chi connectivity index (χ3n) is 2.96. The molecular weight excluding hydrogens is 304 g/mol. The molecule has 1 amide bonds. The standard InChI is InChI=1S/C17H15F2NO3/c1-3-8-23-15-7-4-11(9-16(15)22-2)17(21)20-12-5-6-13(18)14(19)10-12/h3-7,9-10H,1,8H2,2H3,(H,20,21). The molecule has 0 unspecified atom stereocenters. The molecule has 0 aliphatic heterocycles. The molecule has 0 aliphatic rings. The van der Waals surface area contributed by atoms with Gasteiger partial charge in [0.1, 0.15) is 6.61 Å². The lowest BCUT2D eigenvalue weighted by molar-refractivity contribution is 0.102. The van der Waals surface area contributed by atoms with Crippen molar-refractivity contribution in [1.82, 2.24) is 0 Å². The largest absolute Gasteiger partial charge is 0.493 e. The molecule has 0 radical (unpaired) electrons. The predicted octanol–water partition coefficient (Wildman–Crippen LogP) is 3.79. The van der Waals surface area contributed by atoms with E-state index in [2.05, 4.69) is 11.9 Å². The minimum atomic E-state index is -1.03. The number of methoxy groups -OCH3 is 1. The van der Waals surface area contributed by atoms with Gasteiger partial charge in [-0.25, -0.2) is 8.78 Å². The minimum Gasteiger partial charge on any atom is -0.493 e. The normalized spacial score (nSPS) is 10.0. The lowest BCUT2D eigenvalue weighted by atomic mass is 10.1. The number of rotatable bonds is 6. The molecule has 2 rings (SSSR count). The van der Waals surface area contributed by atoms with Crippen molar-refractivity contribution < 1.29 is 23.0 Å². The van der Waals surface area contributed by atoms with Gasteiger partial charge in [-0.3, -0.25) is 4.79 Å². The van der Waals surface area contributed by atoms with E-state index in [4.69, 9.17) is 9.47 Å². The maximum atomic E-state index is 13.2. The average Bonchev–Trinajstić information content (AvgIpc) is 2.56. The fourth-order valence-electron chi connectivity index (χ4n) is 1.85. The van der Waals surface area contributed by atoms with Gasteiger partial charge in [-0.15, -0.1) is 0 Å². The summed E-state index contributed by atoms with van der Waals surface area (Å²) in [4.78, 5) is 12.2. The van der Waals surface area contributed by atoms with Crippen LogP contribution in [0.3, 0.4) is 0 Å². The molecule has 0 saturated carbocycles. The summed E-state index contributed by atoms with van der Waals surface area (Å²) in [6, 6.07) is 7.74. The van der Waals surface area contributed by atoms with Crippen molar-refractivity contribution in [1.29, 1.82) is 0 Å². The molecule has 0 atom stereocenters. The van der Waals surface area contributed by atoms with Gasteiger partial charge in [-0.05, 0) is 30.3 Å². The fraction of sp³-hybridized carbons (Fsp3) is 0.118. The summed E-state index contributed by atoms with van der Waals surface area (Å²) in [5.74, 6) is -1.65. The van der Waals surface area contributed by atoms with Crippen molar-refractivity contribution in [2.45, 2.75) is 0 Å². The number of anilines is 1. The highest BCUT2D eigenvalue weighted by molar-refractivity contribution is 6.04. The first kappa shape index (κ1) is 16.5. The Morgan fingerprint density at radius 3 is 2.61 bits per heavy atom. The number of amides is 1. The Kier molecular flexibility index (Phi) is 5.30. The number of ether oxygens (including phenoxy) is 2. The van der Waals surface area contributed by atoms with Crippen LogP contribution in [0.2, 0.25) is 0 Å². The van der Waals surface area contributed by atoms with E-state index in [9.17, 15) is 13.6 Å². The molecule has 0 aliphatic carbocycles. The van der Waals surface area contributed by atoms with Crippen molar-refractivity contribution in [2.24, 2.45) is 0 Å². The van der Waals surface area contributed by atoms with Crippen LogP contribution < -0.4 is 14.8 Å². The predicted molar refractivity (Wildman–Crippen MR) is 83.0 cm³/mol. The Morgan fingerprint density at radius 2 is 1.96 bits per heavy atom. The summed E-state index contributed by atoms with van der Waals surface area (Å²) < 4.78 is 36.6. The van der Waals surface area contributed by atoms with Gasteiger partial charge in [0.05, 0.1) is 7.11 Å². The second kappa shape index (κ2) is 7.40. The lowest BCUT2D eigenvalue weighted by Gasteiger charge is -2.11. The van der Waals surface area contributed by atoms with E-state index in [-0.39, 0.29) is 11.3 Å². The maximum Gasteiger partial charge on any atom is 0.255 e. The third kappa shape index (κ3) is 4.06. The van der Waals surface area contributed by atoms with E-state index in [0.29, 0.717) is 18.1 Å². The van der Waals surface area contributed by atoms with Crippen molar-refractivity contribution >= 4 is 11.6 Å². The maximum absolute atomic E-state index is 13.2. The first-order valence-electron chi connectivity index (χ1n) is 6.73. The molecule has 0 spiro atoms. The van der Waals surface area contributed by atoms with E-state index < -0.39 is 17.5 Å². The van der Waals surface area contributed by atoms with Crippen LogP contribution >= 0.6 is 0 Å². The van der Waals surface area contributed by atoms with Gasteiger partial charge in [0.25, 0.3) is 5.91 Å². The van der Waals surface area contributed by atoms with E-state index in [1.165, 1.54) is 25.3 Å². The van der Waals surface area contributed by atoms with Crippen LogP contribution in [0.1, 0.15) is 10.4 Å². The molecular formula is C17H15F2NO3. The Bertz CT molecular complexity index is 732. The molecule has 0 saturated heterocycles. The summed E-state index contributed by atoms with van der Waals surface area (Å²) in [7, 11) is 1.45. The summed E-state index contributed by atoms with van der Waals surface area (Å²) in [5.41, 5.74) is 0.442. The van der Waals surface area contributed by atoms with Gasteiger partial charge >= 0.3 is 0 Å². The van der Waals surface area contributed by atoms with Gasteiger partial charge in [0.2, 0.25) is 0 Å². The van der Waals surface area contributed by atoms with E-state index in [1.54, 1.807) is 12.1 Å². The van der Waals surface area contributed by atoms with Crippen molar-refractivity contribution in [3.8, 4) is 11.5 Å². The Hall–Kier alpha value is -2.89. The molecule has 0 bridgehead atoms. The number of carbonyl (C=O) groups excluding carboxylic acids is 1. The number of halogens is 2. The summed E-state index contributed by atoms with van der Waals surface area (Å²) in [6.45, 7) is 3.85. The highest BCUT2D eigenvalue weighted by atomic mass is 19.2. The van der Waals surface area contributed by atoms with E-state index in [0.717, 1.165) is 12.1 Å². The zero-order chi connectivity index (χ0) is 16.8. The van der Waals surface area contributed by atoms with E-state index in [1.807, 2.05) is 0 Å². The zero-order valence-electron chi connectivity index (χ0n) is 12.4. The molecule has 0 aromatic heterocycles. The number of hydrogen-bond acceptors (Lipinski definition) is 3. The number of nitrogens with one attached hydrogen (secondary N) is 1. The molecule has 2 aromatic carbocycles. The molecule has 4 nitrogen and oxygen atoms in total. The lowest BCUT2D eigenvalue weighted by Crippen LogP contribution is -2.12. The SMILES string of the molecule is C=CCOc1ccc(C(=O)Nc2ccc(F)c(F)c2)cc1OC. The van der Waals surface area contributed by atoms with Gasteiger partial charge in [0, 0.05) is 17.3 Å². The molecule has 6 heteroatoms. The van der Waals surface area contributed by atoms with Crippen molar-refractivity contribution in [2.75, 3.05) is 19.0 Å².